The number of pyridine rings is 1. The zero-order valence-corrected chi connectivity index (χ0v) is 31.1. The fourth-order valence-corrected chi connectivity index (χ4v) is 9.48. The number of hydrogen-bond donors (Lipinski definition) is 1. The van der Waals surface area contributed by atoms with Crippen LogP contribution in [0.25, 0.3) is 16.8 Å². The van der Waals surface area contributed by atoms with Crippen LogP contribution in [-0.4, -0.2) is 79.5 Å². The Morgan fingerprint density at radius 3 is 2.66 bits per heavy atom. The quantitative estimate of drug-likeness (QED) is 0.316. The normalized spacial score (nSPS) is 30.1. The highest BCUT2D eigenvalue weighted by Gasteiger charge is 2.61. The second kappa shape index (κ2) is 15.6. The van der Waals surface area contributed by atoms with E-state index >= 15 is 0 Å². The molecule has 7 rings (SSSR count). The van der Waals surface area contributed by atoms with Gasteiger partial charge in [-0.15, -0.1) is 0 Å². The van der Waals surface area contributed by atoms with Crippen molar-refractivity contribution in [1.29, 1.82) is 0 Å². The zero-order valence-electron chi connectivity index (χ0n) is 30.3. The van der Waals surface area contributed by atoms with Crippen molar-refractivity contribution in [1.82, 2.24) is 14.6 Å². The number of benzene rings is 1. The molecule has 53 heavy (non-hydrogen) atoms. The molecule has 5 bridgehead atoms. The molecule has 3 aliphatic heterocycles. The van der Waals surface area contributed by atoms with Gasteiger partial charge in [-0.1, -0.05) is 37.1 Å². The van der Waals surface area contributed by atoms with Gasteiger partial charge in [0.05, 0.1) is 43.4 Å². The van der Waals surface area contributed by atoms with E-state index in [1.54, 1.807) is 13.3 Å². The number of allylic oxidation sites excluding steroid dienone is 3. The monoisotopic (exact) mass is 747 g/mol. The lowest BCUT2D eigenvalue weighted by Gasteiger charge is -2.29. The smallest absolute Gasteiger partial charge is 0.306 e. The second-order valence-corrected chi connectivity index (χ2v) is 17.2. The Morgan fingerprint density at radius 1 is 1.04 bits per heavy atom. The van der Waals surface area contributed by atoms with Gasteiger partial charge in [-0.3, -0.25) is 23.9 Å². The number of nitrogens with zero attached hydrogens (tertiary/aromatic N) is 2. The number of ketones is 1. The maximum absolute atomic E-state index is 14.5. The predicted octanol–water partition coefficient (Wildman–Crippen LogP) is 5.43. The maximum atomic E-state index is 14.5. The van der Waals surface area contributed by atoms with Crippen LogP contribution < -0.4 is 14.2 Å². The average molecular weight is 748 g/mol. The summed E-state index contributed by atoms with van der Waals surface area (Å²) < 4.78 is 45.8. The average Bonchev–Trinajstić information content (AvgIpc) is 4.06. The standard InChI is InChI=1S/C40H49N3O9S/c1-50-35-20-26-16-17-41-37-32(26)19-27(35)11-7-5-6-10-18-51-36(45)21-28-12-8-3-2-4-9-13-29-23-40(29,39(47)42-53(48,49)31-14-15-31)24-34(44)33-22-30(52-37)25-43(33)38(28)46/h7,9,11,13,16-17,19-20,28-31,33H,2-6,8,10,12,14-15,18,21-25H2,1H3,(H,42,47)/b11-7+,13-9-/t28-,29+,30-,33+,40-/m1/s1. The number of methoxy groups -OCH3 is 1. The van der Waals surface area contributed by atoms with Gasteiger partial charge in [0.25, 0.3) is 0 Å². The predicted molar refractivity (Wildman–Crippen MR) is 197 cm³/mol. The summed E-state index contributed by atoms with van der Waals surface area (Å²) in [6, 6.07) is 4.82. The molecule has 284 valence electrons. The Labute approximate surface area is 310 Å². The summed E-state index contributed by atoms with van der Waals surface area (Å²) in [5.74, 6) is -1.69. The summed E-state index contributed by atoms with van der Waals surface area (Å²) in [5, 5.41) is 1.02. The van der Waals surface area contributed by atoms with E-state index in [9.17, 15) is 27.6 Å². The van der Waals surface area contributed by atoms with Crippen LogP contribution in [0.3, 0.4) is 0 Å². The fourth-order valence-electron chi connectivity index (χ4n) is 8.09. The molecule has 1 aromatic carbocycles. The molecule has 0 spiro atoms. The molecule has 1 aromatic heterocycles. The van der Waals surface area contributed by atoms with Crippen LogP contribution in [0.2, 0.25) is 0 Å². The van der Waals surface area contributed by atoms with Crippen LogP contribution in [-0.2, 0) is 33.9 Å². The molecule has 4 heterocycles. The van der Waals surface area contributed by atoms with Crippen LogP contribution in [0.1, 0.15) is 95.5 Å². The molecule has 0 radical (unpaired) electrons. The Kier molecular flexibility index (Phi) is 10.9. The first-order chi connectivity index (χ1) is 25.6. The van der Waals surface area contributed by atoms with E-state index in [0.29, 0.717) is 43.7 Å². The highest BCUT2D eigenvalue weighted by molar-refractivity contribution is 7.90. The van der Waals surface area contributed by atoms with Crippen LogP contribution in [0.15, 0.2) is 42.6 Å². The van der Waals surface area contributed by atoms with E-state index in [2.05, 4.69) is 15.8 Å². The van der Waals surface area contributed by atoms with Gasteiger partial charge in [0.2, 0.25) is 27.7 Å². The van der Waals surface area contributed by atoms with Gasteiger partial charge in [0, 0.05) is 35.9 Å². The second-order valence-electron chi connectivity index (χ2n) is 15.3. The number of Topliss-reactive ketones (excluding diaryl/α,β-unsaturated/α-hetero) is 1. The van der Waals surface area contributed by atoms with Gasteiger partial charge in [-0.25, -0.2) is 13.4 Å². The lowest BCUT2D eigenvalue weighted by Crippen LogP contribution is -2.46. The molecular formula is C40H49N3O9S. The lowest BCUT2D eigenvalue weighted by atomic mass is 9.90. The SMILES string of the molecule is COc1cc2ccnc3c2cc1/C=C/CCCCOC(=O)C[C@H]1CCCCC/C=C\[C@H]2C[C@@]2(C(=O)NS(=O)(=O)C2CC2)CC(=O)[C@@H]2C[C@H](CN2C1=O)O3. The van der Waals surface area contributed by atoms with E-state index in [0.717, 1.165) is 54.9 Å². The molecule has 5 atom stereocenters. The Bertz CT molecular complexity index is 1920. The Hall–Kier alpha value is -4.26. The number of sulfonamides is 1. The third-order valence-electron chi connectivity index (χ3n) is 11.4. The Morgan fingerprint density at radius 2 is 1.85 bits per heavy atom. The molecule has 2 aliphatic carbocycles. The zero-order chi connectivity index (χ0) is 37.2. The number of nitrogens with one attached hydrogen (secondary N) is 1. The van der Waals surface area contributed by atoms with E-state index < -0.39 is 50.6 Å². The molecule has 2 saturated carbocycles. The van der Waals surface area contributed by atoms with Gasteiger partial charge in [0.15, 0.2) is 5.78 Å². The Balaban J connectivity index is 1.23. The maximum Gasteiger partial charge on any atom is 0.306 e. The number of esters is 1. The summed E-state index contributed by atoms with van der Waals surface area (Å²) >= 11 is 0. The van der Waals surface area contributed by atoms with Crippen molar-refractivity contribution < 1.29 is 41.8 Å². The molecule has 3 fully saturated rings. The van der Waals surface area contributed by atoms with Gasteiger partial charge in [-0.05, 0) is 87.3 Å². The number of amides is 2. The van der Waals surface area contributed by atoms with E-state index in [1.165, 1.54) is 4.90 Å². The minimum atomic E-state index is -3.83. The van der Waals surface area contributed by atoms with Crippen molar-refractivity contribution in [2.45, 2.75) is 107 Å². The molecule has 13 heteroatoms. The summed E-state index contributed by atoms with van der Waals surface area (Å²) in [6.45, 7) is 0.330. The lowest BCUT2D eigenvalue weighted by molar-refractivity contribution is -0.150. The first kappa shape index (κ1) is 37.1. The van der Waals surface area contributed by atoms with E-state index in [1.807, 2.05) is 36.4 Å². The molecule has 5 aliphatic rings. The number of rotatable bonds is 4. The van der Waals surface area contributed by atoms with Crippen LogP contribution >= 0.6 is 0 Å². The highest BCUT2D eigenvalue weighted by atomic mass is 32.2. The van der Waals surface area contributed by atoms with Crippen LogP contribution in [0.4, 0.5) is 0 Å². The minimum absolute atomic E-state index is 0.0837. The number of hydrogen-bond acceptors (Lipinski definition) is 10. The van der Waals surface area contributed by atoms with Gasteiger partial charge in [0.1, 0.15) is 11.9 Å². The largest absolute Gasteiger partial charge is 0.496 e. The summed E-state index contributed by atoms with van der Waals surface area (Å²) in [5.41, 5.74) is -0.382. The summed E-state index contributed by atoms with van der Waals surface area (Å²) in [7, 11) is -2.22. The topological polar surface area (TPSA) is 158 Å². The summed E-state index contributed by atoms with van der Waals surface area (Å²) in [4.78, 5) is 62.0. The van der Waals surface area contributed by atoms with E-state index in [-0.39, 0.29) is 50.0 Å². The van der Waals surface area contributed by atoms with Crippen LogP contribution in [0, 0.1) is 17.3 Å². The molecule has 0 unspecified atom stereocenters. The third kappa shape index (κ3) is 8.29. The van der Waals surface area contributed by atoms with Crippen molar-refractivity contribution >= 4 is 50.4 Å². The molecular weight excluding hydrogens is 699 g/mol. The van der Waals surface area contributed by atoms with Crippen molar-refractivity contribution in [2.75, 3.05) is 20.3 Å². The molecule has 1 saturated heterocycles. The van der Waals surface area contributed by atoms with Crippen molar-refractivity contribution in [3.63, 3.8) is 0 Å². The number of cyclic esters (lactones) is 1. The number of carbonyl (C=O) groups is 4. The summed E-state index contributed by atoms with van der Waals surface area (Å²) in [6.07, 6.45) is 16.1. The molecule has 2 aromatic rings. The van der Waals surface area contributed by atoms with Gasteiger partial charge in [-0.2, -0.15) is 0 Å². The number of aromatic nitrogens is 1. The highest BCUT2D eigenvalue weighted by Crippen LogP contribution is 2.57. The van der Waals surface area contributed by atoms with Crippen LogP contribution in [0.5, 0.6) is 11.6 Å². The molecule has 12 nitrogen and oxygen atoms in total. The van der Waals surface area contributed by atoms with Gasteiger partial charge < -0.3 is 19.1 Å². The molecule has 2 amide bonds. The number of carbonyl (C=O) groups excluding carboxylic acids is 4. The fraction of sp³-hybridized carbons (Fsp3) is 0.575. The molecule has 1 N–H and O–H groups in total. The first-order valence-electron chi connectivity index (χ1n) is 19.1. The third-order valence-corrected chi connectivity index (χ3v) is 13.2. The first-order valence-corrected chi connectivity index (χ1v) is 20.6. The van der Waals surface area contributed by atoms with Crippen molar-refractivity contribution in [3.8, 4) is 11.6 Å². The van der Waals surface area contributed by atoms with Crippen molar-refractivity contribution in [2.24, 2.45) is 17.3 Å². The van der Waals surface area contributed by atoms with Gasteiger partial charge >= 0.3 is 5.97 Å². The number of ether oxygens (including phenoxy) is 3. The number of fused-ring (bicyclic) bond motifs is 4. The minimum Gasteiger partial charge on any atom is -0.496 e. The van der Waals surface area contributed by atoms with Crippen molar-refractivity contribution in [3.05, 3.63) is 48.2 Å². The van der Waals surface area contributed by atoms with E-state index in [4.69, 9.17) is 14.2 Å².